The average Bonchev–Trinajstić information content (AvgIpc) is 3.38. The Morgan fingerprint density at radius 2 is 2.00 bits per heavy atom. The van der Waals surface area contributed by atoms with Crippen LogP contribution in [0.3, 0.4) is 0 Å². The maximum absolute atomic E-state index is 13.4. The van der Waals surface area contributed by atoms with Gasteiger partial charge in [-0.2, -0.15) is 0 Å². The first-order valence-electron chi connectivity index (χ1n) is 12.4. The van der Waals surface area contributed by atoms with Gasteiger partial charge in [-0.3, -0.25) is 9.59 Å². The molecule has 0 amide bonds. The van der Waals surface area contributed by atoms with Gasteiger partial charge in [0.2, 0.25) is 0 Å². The molecule has 2 unspecified atom stereocenters. The molecule has 0 radical (unpaired) electrons. The third kappa shape index (κ3) is 3.61. The molecule has 1 N–H and O–H groups in total. The second kappa shape index (κ2) is 8.74. The topological polar surface area (TPSA) is 116 Å². The maximum atomic E-state index is 13.4. The van der Waals surface area contributed by atoms with Crippen molar-refractivity contribution >= 4 is 17.7 Å². The second-order valence-electron chi connectivity index (χ2n) is 11.9. The number of carbonyl (C=O) groups is 3. The molecule has 7 nitrogen and oxygen atoms in total. The number of hydrogen-bond donors (Lipinski definition) is 1. The van der Waals surface area contributed by atoms with E-state index in [1.54, 1.807) is 6.08 Å². The molecule has 8 atom stereocenters. The molecule has 0 aromatic heterocycles. The molecule has 5 rings (SSSR count). The summed E-state index contributed by atoms with van der Waals surface area (Å²) in [6.45, 7) is 7.90. The summed E-state index contributed by atoms with van der Waals surface area (Å²) in [6.07, 6.45) is 4.80. The number of hydrogen-bond acceptors (Lipinski definition) is 7. The molecule has 3 saturated carbocycles. The SMILES string of the molecule is CC(C)OC(=O)C1CC2=CC(=O)CC[C@]2(C)[C@@]23OC2C[C@@]2(C)[C@@H](CC[C@]2(O)CCC(=O)[O-])[C@H]13.[K+]. The molecule has 0 aromatic carbocycles. The van der Waals surface area contributed by atoms with Gasteiger partial charge in [-0.25, -0.2) is 0 Å². The van der Waals surface area contributed by atoms with E-state index in [1.165, 1.54) is 0 Å². The normalized spacial score (nSPS) is 46.3. The van der Waals surface area contributed by atoms with E-state index in [1.807, 2.05) is 13.8 Å². The van der Waals surface area contributed by atoms with Crippen molar-refractivity contribution in [2.45, 2.75) is 102 Å². The minimum Gasteiger partial charge on any atom is -0.550 e. The Labute approximate surface area is 243 Å². The third-order valence-corrected chi connectivity index (χ3v) is 10.1. The average molecular weight is 499 g/mol. The molecule has 1 saturated heterocycles. The number of ketones is 1. The molecular weight excluding hydrogens is 463 g/mol. The van der Waals surface area contributed by atoms with Crippen LogP contribution in [0.4, 0.5) is 0 Å². The number of aliphatic carboxylic acids is 1. The summed E-state index contributed by atoms with van der Waals surface area (Å²) in [5, 5.41) is 22.9. The van der Waals surface area contributed by atoms with Gasteiger partial charge < -0.3 is 24.5 Å². The van der Waals surface area contributed by atoms with E-state index in [4.69, 9.17) is 9.47 Å². The molecule has 8 heteroatoms. The van der Waals surface area contributed by atoms with Crippen LogP contribution in [0, 0.1) is 28.6 Å². The zero-order chi connectivity index (χ0) is 24.0. The second-order valence-corrected chi connectivity index (χ2v) is 11.9. The molecule has 1 aliphatic heterocycles. The Hall–Kier alpha value is -0.0936. The number of carboxylic acid groups (broad SMARTS) is 1. The first kappa shape index (κ1) is 27.0. The van der Waals surface area contributed by atoms with Gasteiger partial charge in [0.25, 0.3) is 0 Å². The van der Waals surface area contributed by atoms with Crippen molar-refractivity contribution < 1.29 is 85.5 Å². The van der Waals surface area contributed by atoms with Gasteiger partial charge in [0.1, 0.15) is 5.60 Å². The van der Waals surface area contributed by atoms with Gasteiger partial charge in [-0.1, -0.05) is 19.4 Å². The van der Waals surface area contributed by atoms with Gasteiger partial charge in [0.05, 0.1) is 23.7 Å². The van der Waals surface area contributed by atoms with Crippen LogP contribution in [0.2, 0.25) is 0 Å². The number of aliphatic hydroxyl groups is 1. The van der Waals surface area contributed by atoms with Crippen molar-refractivity contribution in [3.8, 4) is 0 Å². The Morgan fingerprint density at radius 1 is 1.29 bits per heavy atom. The molecule has 0 bridgehead atoms. The van der Waals surface area contributed by atoms with Crippen LogP contribution in [0.25, 0.3) is 0 Å². The minimum absolute atomic E-state index is 0. The number of rotatable bonds is 5. The summed E-state index contributed by atoms with van der Waals surface area (Å²) in [6, 6.07) is 0. The Balaban J connectivity index is 0.00000274. The molecule has 4 aliphatic carbocycles. The van der Waals surface area contributed by atoms with E-state index < -0.39 is 28.5 Å². The Morgan fingerprint density at radius 3 is 2.65 bits per heavy atom. The van der Waals surface area contributed by atoms with E-state index in [9.17, 15) is 24.6 Å². The minimum atomic E-state index is -1.16. The summed E-state index contributed by atoms with van der Waals surface area (Å²) in [7, 11) is 0. The fraction of sp³-hybridized carbons (Fsp3) is 0.808. The molecule has 1 heterocycles. The summed E-state index contributed by atoms with van der Waals surface area (Å²) in [4.78, 5) is 36.9. The van der Waals surface area contributed by atoms with Gasteiger partial charge in [0.15, 0.2) is 5.78 Å². The number of ether oxygens (including phenoxy) is 2. The van der Waals surface area contributed by atoms with Gasteiger partial charge in [0, 0.05) is 29.1 Å². The van der Waals surface area contributed by atoms with Crippen LogP contribution >= 0.6 is 0 Å². The van der Waals surface area contributed by atoms with Crippen LogP contribution in [0.15, 0.2) is 11.6 Å². The molecule has 182 valence electrons. The van der Waals surface area contributed by atoms with Crippen LogP contribution in [0.5, 0.6) is 0 Å². The van der Waals surface area contributed by atoms with Crippen LogP contribution in [0.1, 0.15) is 79.1 Å². The maximum Gasteiger partial charge on any atom is 1.00 e. The van der Waals surface area contributed by atoms with Crippen LogP contribution in [-0.2, 0) is 23.9 Å². The number of carboxylic acids is 1. The predicted octanol–water partition coefficient (Wildman–Crippen LogP) is -0.907. The van der Waals surface area contributed by atoms with Crippen molar-refractivity contribution in [1.82, 2.24) is 0 Å². The van der Waals surface area contributed by atoms with E-state index in [0.29, 0.717) is 38.5 Å². The molecule has 1 spiro atoms. The van der Waals surface area contributed by atoms with E-state index in [-0.39, 0.29) is 105 Å². The number of carbonyl (C=O) groups excluding carboxylic acids is 3. The fourth-order valence-electron chi connectivity index (χ4n) is 8.39. The van der Waals surface area contributed by atoms with Gasteiger partial charge >= 0.3 is 57.4 Å². The number of esters is 1. The molecule has 4 fully saturated rings. The summed E-state index contributed by atoms with van der Waals surface area (Å²) < 4.78 is 12.3. The fourth-order valence-corrected chi connectivity index (χ4v) is 8.39. The Kier molecular flexibility index (Phi) is 6.93. The van der Waals surface area contributed by atoms with Crippen molar-refractivity contribution in [1.29, 1.82) is 0 Å². The largest absolute Gasteiger partial charge is 1.00 e. The third-order valence-electron chi connectivity index (χ3n) is 10.1. The van der Waals surface area contributed by atoms with Crippen molar-refractivity contribution in [2.75, 3.05) is 0 Å². The molecule has 34 heavy (non-hydrogen) atoms. The summed E-state index contributed by atoms with van der Waals surface area (Å²) in [5.41, 5.74) is -1.56. The Bertz CT molecular complexity index is 945. The summed E-state index contributed by atoms with van der Waals surface area (Å²) >= 11 is 0. The number of epoxide rings is 1. The quantitative estimate of drug-likeness (QED) is 0.296. The molecular formula is C26H35KO7. The zero-order valence-corrected chi connectivity index (χ0v) is 24.1. The van der Waals surface area contributed by atoms with E-state index in [0.717, 1.165) is 5.57 Å². The van der Waals surface area contributed by atoms with Crippen molar-refractivity contribution in [3.63, 3.8) is 0 Å². The smallest absolute Gasteiger partial charge is 0.550 e. The molecule has 5 aliphatic rings. The van der Waals surface area contributed by atoms with Crippen molar-refractivity contribution in [3.05, 3.63) is 11.6 Å². The van der Waals surface area contributed by atoms with Crippen LogP contribution < -0.4 is 56.5 Å². The zero-order valence-electron chi connectivity index (χ0n) is 21.0. The standard InChI is InChI=1S/C26H36O7.K/c1-14(2)32-22(30)17-12-15-11-16(27)5-8-23(15,3)26-19(33-26)13-24(4)18(21(17)26)6-9-25(24,31)10-7-20(28)29;/h11,14,17-19,21,31H,5-10,12-13H2,1-4H3,(H,28,29);/q;+1/p-1/t17?,18-,19?,21-,23-,24-,25-,26+;/m0./s1. The van der Waals surface area contributed by atoms with Crippen molar-refractivity contribution in [2.24, 2.45) is 28.6 Å². The predicted molar refractivity (Wildman–Crippen MR) is 115 cm³/mol. The van der Waals surface area contributed by atoms with Gasteiger partial charge in [-0.05, 0) is 70.8 Å². The van der Waals surface area contributed by atoms with Gasteiger partial charge in [-0.15, -0.1) is 0 Å². The molecule has 0 aromatic rings. The summed E-state index contributed by atoms with van der Waals surface area (Å²) in [5.74, 6) is -1.91. The first-order valence-corrected chi connectivity index (χ1v) is 12.4. The van der Waals surface area contributed by atoms with Crippen LogP contribution in [-0.4, -0.2) is 46.2 Å². The van der Waals surface area contributed by atoms with E-state index in [2.05, 4.69) is 13.8 Å². The number of fused-ring (bicyclic) bond motifs is 3. The van der Waals surface area contributed by atoms with E-state index >= 15 is 0 Å². The first-order chi connectivity index (χ1) is 15.4. The monoisotopic (exact) mass is 498 g/mol.